The Morgan fingerprint density at radius 1 is 1.05 bits per heavy atom. The van der Waals surface area contributed by atoms with Gasteiger partial charge in [0.1, 0.15) is 5.75 Å². The number of hydrogen-bond donors (Lipinski definition) is 1. The highest BCUT2D eigenvalue weighted by Crippen LogP contribution is 2.17. The molecular weight excluding hydrogens is 250 g/mol. The Balaban J connectivity index is 2.33. The molecule has 2 N–H and O–H groups in total. The Kier molecular flexibility index (Phi) is 8.31. The number of ether oxygens (including phenoxy) is 2. The zero-order valence-corrected chi connectivity index (χ0v) is 13.1. The van der Waals surface area contributed by atoms with Gasteiger partial charge in [-0.05, 0) is 36.5 Å². The van der Waals surface area contributed by atoms with Gasteiger partial charge in [-0.2, -0.15) is 0 Å². The highest BCUT2D eigenvalue weighted by molar-refractivity contribution is 5.29. The van der Waals surface area contributed by atoms with E-state index in [0.717, 1.165) is 30.9 Å². The fourth-order valence-electron chi connectivity index (χ4n) is 2.10. The van der Waals surface area contributed by atoms with Crippen molar-refractivity contribution >= 4 is 0 Å². The fraction of sp³-hybridized carbons (Fsp3) is 0.647. The van der Waals surface area contributed by atoms with Crippen LogP contribution in [0.4, 0.5) is 0 Å². The van der Waals surface area contributed by atoms with E-state index in [1.807, 2.05) is 24.3 Å². The summed E-state index contributed by atoms with van der Waals surface area (Å²) in [5, 5.41) is 0. The SMILES string of the molecule is CCCOc1ccc(C(N)COCC(C)CCC)cc1. The van der Waals surface area contributed by atoms with Gasteiger partial charge in [-0.25, -0.2) is 0 Å². The van der Waals surface area contributed by atoms with Crippen LogP contribution in [0.5, 0.6) is 5.75 Å². The molecule has 1 rings (SSSR count). The maximum atomic E-state index is 6.14. The van der Waals surface area contributed by atoms with Gasteiger partial charge in [-0.3, -0.25) is 0 Å². The smallest absolute Gasteiger partial charge is 0.119 e. The Labute approximate surface area is 123 Å². The second-order valence-corrected chi connectivity index (χ2v) is 5.46. The standard InChI is InChI=1S/C17H29NO2/c1-4-6-14(3)12-19-13-17(18)15-7-9-16(10-8-15)20-11-5-2/h7-10,14,17H,4-6,11-13,18H2,1-3H3. The average molecular weight is 279 g/mol. The summed E-state index contributed by atoms with van der Waals surface area (Å²) >= 11 is 0. The maximum absolute atomic E-state index is 6.14. The summed E-state index contributed by atoms with van der Waals surface area (Å²) in [4.78, 5) is 0. The van der Waals surface area contributed by atoms with E-state index >= 15 is 0 Å². The largest absolute Gasteiger partial charge is 0.494 e. The predicted octanol–water partition coefficient (Wildman–Crippen LogP) is 3.93. The van der Waals surface area contributed by atoms with E-state index in [9.17, 15) is 0 Å². The molecule has 2 unspecified atom stereocenters. The highest BCUT2D eigenvalue weighted by atomic mass is 16.5. The second-order valence-electron chi connectivity index (χ2n) is 5.46. The van der Waals surface area contributed by atoms with E-state index in [1.54, 1.807) is 0 Å². The van der Waals surface area contributed by atoms with Crippen LogP contribution in [0.2, 0.25) is 0 Å². The van der Waals surface area contributed by atoms with Crippen LogP contribution in [0.3, 0.4) is 0 Å². The van der Waals surface area contributed by atoms with Crippen LogP contribution >= 0.6 is 0 Å². The number of benzene rings is 1. The summed E-state index contributed by atoms with van der Waals surface area (Å²) in [7, 11) is 0. The molecule has 0 heterocycles. The van der Waals surface area contributed by atoms with Gasteiger partial charge in [-0.1, -0.05) is 39.3 Å². The molecule has 0 aliphatic heterocycles. The summed E-state index contributed by atoms with van der Waals surface area (Å²) in [6.07, 6.45) is 3.43. The van der Waals surface area contributed by atoms with E-state index < -0.39 is 0 Å². The van der Waals surface area contributed by atoms with Gasteiger partial charge < -0.3 is 15.2 Å². The van der Waals surface area contributed by atoms with E-state index in [4.69, 9.17) is 15.2 Å². The topological polar surface area (TPSA) is 44.5 Å². The van der Waals surface area contributed by atoms with Crippen molar-refractivity contribution in [2.45, 2.75) is 46.1 Å². The Hall–Kier alpha value is -1.06. The Morgan fingerprint density at radius 3 is 2.35 bits per heavy atom. The summed E-state index contributed by atoms with van der Waals surface area (Å²) in [5.41, 5.74) is 7.23. The molecule has 0 fully saturated rings. The highest BCUT2D eigenvalue weighted by Gasteiger charge is 2.08. The molecule has 0 bridgehead atoms. The molecule has 2 atom stereocenters. The lowest BCUT2D eigenvalue weighted by molar-refractivity contribution is 0.0909. The molecule has 3 heteroatoms. The lowest BCUT2D eigenvalue weighted by Gasteiger charge is -2.16. The molecule has 0 aliphatic rings. The molecule has 20 heavy (non-hydrogen) atoms. The predicted molar refractivity (Wildman–Crippen MR) is 84.0 cm³/mol. The summed E-state index contributed by atoms with van der Waals surface area (Å²) in [5.74, 6) is 1.51. The Bertz CT molecular complexity index is 351. The van der Waals surface area contributed by atoms with Crippen molar-refractivity contribution in [1.29, 1.82) is 0 Å². The average Bonchev–Trinajstić information content (AvgIpc) is 2.46. The van der Waals surface area contributed by atoms with Crippen LogP contribution < -0.4 is 10.5 Å². The minimum atomic E-state index is -0.0657. The summed E-state index contributed by atoms with van der Waals surface area (Å²) in [6, 6.07) is 7.93. The molecule has 1 aromatic carbocycles. The van der Waals surface area contributed by atoms with Gasteiger partial charge in [0.05, 0.1) is 19.3 Å². The van der Waals surface area contributed by atoms with Gasteiger partial charge in [0.15, 0.2) is 0 Å². The molecule has 0 saturated heterocycles. The molecule has 0 spiro atoms. The van der Waals surface area contributed by atoms with E-state index in [2.05, 4.69) is 20.8 Å². The monoisotopic (exact) mass is 279 g/mol. The lowest BCUT2D eigenvalue weighted by atomic mass is 10.1. The molecule has 0 aromatic heterocycles. The third-order valence-corrected chi connectivity index (χ3v) is 3.26. The van der Waals surface area contributed by atoms with E-state index in [-0.39, 0.29) is 6.04 Å². The summed E-state index contributed by atoms with van der Waals surface area (Å²) < 4.78 is 11.3. The molecular formula is C17H29NO2. The van der Waals surface area contributed by atoms with E-state index in [0.29, 0.717) is 12.5 Å². The van der Waals surface area contributed by atoms with Crippen LogP contribution in [0.15, 0.2) is 24.3 Å². The van der Waals surface area contributed by atoms with Crippen molar-refractivity contribution in [3.05, 3.63) is 29.8 Å². The van der Waals surface area contributed by atoms with Crippen LogP contribution in [0.25, 0.3) is 0 Å². The minimum Gasteiger partial charge on any atom is -0.494 e. The molecule has 0 saturated carbocycles. The van der Waals surface area contributed by atoms with Crippen molar-refractivity contribution in [3.8, 4) is 5.75 Å². The zero-order valence-electron chi connectivity index (χ0n) is 13.1. The second kappa shape index (κ2) is 9.78. The van der Waals surface area contributed by atoms with Crippen LogP contribution in [0, 0.1) is 5.92 Å². The molecule has 0 radical (unpaired) electrons. The van der Waals surface area contributed by atoms with Gasteiger partial charge in [0, 0.05) is 6.61 Å². The van der Waals surface area contributed by atoms with Gasteiger partial charge in [0.25, 0.3) is 0 Å². The quantitative estimate of drug-likeness (QED) is 0.706. The summed E-state index contributed by atoms with van der Waals surface area (Å²) in [6.45, 7) is 8.63. The first-order valence-electron chi connectivity index (χ1n) is 7.73. The third kappa shape index (κ3) is 6.40. The van der Waals surface area contributed by atoms with Gasteiger partial charge in [0.2, 0.25) is 0 Å². The zero-order chi connectivity index (χ0) is 14.8. The number of nitrogens with two attached hydrogens (primary N) is 1. The van der Waals surface area contributed by atoms with Gasteiger partial charge >= 0.3 is 0 Å². The Morgan fingerprint density at radius 2 is 1.75 bits per heavy atom. The first-order chi connectivity index (χ1) is 9.67. The number of rotatable bonds is 10. The first-order valence-corrected chi connectivity index (χ1v) is 7.73. The molecule has 1 aromatic rings. The minimum absolute atomic E-state index is 0.0657. The molecule has 0 amide bonds. The van der Waals surface area contributed by atoms with Crippen LogP contribution in [0.1, 0.15) is 51.6 Å². The lowest BCUT2D eigenvalue weighted by Crippen LogP contribution is -2.19. The van der Waals surface area contributed by atoms with Crippen LogP contribution in [-0.2, 0) is 4.74 Å². The molecule has 114 valence electrons. The first kappa shape index (κ1) is 17.0. The third-order valence-electron chi connectivity index (χ3n) is 3.26. The normalized spacial score (nSPS) is 14.0. The molecule has 0 aliphatic carbocycles. The molecule has 3 nitrogen and oxygen atoms in total. The maximum Gasteiger partial charge on any atom is 0.119 e. The fourth-order valence-corrected chi connectivity index (χ4v) is 2.10. The van der Waals surface area contributed by atoms with E-state index in [1.165, 1.54) is 12.8 Å². The van der Waals surface area contributed by atoms with Crippen molar-refractivity contribution < 1.29 is 9.47 Å². The van der Waals surface area contributed by atoms with Crippen molar-refractivity contribution in [2.24, 2.45) is 11.7 Å². The number of hydrogen-bond acceptors (Lipinski definition) is 3. The van der Waals surface area contributed by atoms with Crippen molar-refractivity contribution in [3.63, 3.8) is 0 Å². The van der Waals surface area contributed by atoms with Crippen LogP contribution in [-0.4, -0.2) is 19.8 Å². The van der Waals surface area contributed by atoms with Crippen molar-refractivity contribution in [1.82, 2.24) is 0 Å². The van der Waals surface area contributed by atoms with Gasteiger partial charge in [-0.15, -0.1) is 0 Å². The van der Waals surface area contributed by atoms with Crippen molar-refractivity contribution in [2.75, 3.05) is 19.8 Å².